The van der Waals surface area contributed by atoms with E-state index in [0.717, 1.165) is 43.1 Å². The summed E-state index contributed by atoms with van der Waals surface area (Å²) in [5.41, 5.74) is 3.18. The second-order valence-electron chi connectivity index (χ2n) is 6.71. The molecule has 3 rings (SSSR count). The number of azo groups is 1. The van der Waals surface area contributed by atoms with Crippen LogP contribution < -0.4 is 19.9 Å². The fourth-order valence-corrected chi connectivity index (χ4v) is 3.80. The van der Waals surface area contributed by atoms with E-state index in [1.165, 1.54) is 10.6 Å². The van der Waals surface area contributed by atoms with Crippen LogP contribution in [-0.2, 0) is 18.4 Å². The number of anilines is 2. The number of aryl methyl sites for hydroxylation is 1. The molecule has 0 radical (unpaired) electrons. The van der Waals surface area contributed by atoms with Crippen molar-refractivity contribution in [3.8, 4) is 0 Å². The molecule has 0 saturated carbocycles. The molecule has 164 valence electrons. The van der Waals surface area contributed by atoms with E-state index in [9.17, 15) is 0 Å². The van der Waals surface area contributed by atoms with Crippen molar-refractivity contribution in [3.05, 3.63) is 66.4 Å². The molecule has 0 fully saturated rings. The topological polar surface area (TPSA) is 84.0 Å². The van der Waals surface area contributed by atoms with Gasteiger partial charge in [0.15, 0.2) is 0 Å². The Kier molecular flexibility index (Phi) is 9.64. The predicted molar refractivity (Wildman–Crippen MR) is 124 cm³/mol. The Hall–Kier alpha value is -3.26. The van der Waals surface area contributed by atoms with E-state index in [0.29, 0.717) is 0 Å². The van der Waals surface area contributed by atoms with Crippen LogP contribution in [0.1, 0.15) is 26.3 Å². The third-order valence-corrected chi connectivity index (χ3v) is 5.46. The molecule has 0 aliphatic rings. The van der Waals surface area contributed by atoms with Crippen LogP contribution in [-0.4, -0.2) is 19.1 Å². The number of carboxylic acid groups (broad SMARTS) is 1. The van der Waals surface area contributed by atoms with E-state index in [-0.39, 0.29) is 0 Å². The Bertz CT molecular complexity index is 963. The van der Waals surface area contributed by atoms with Crippen LogP contribution in [0, 0.1) is 0 Å². The number of carbonyl (C=O) groups excluding carboxylic acids is 1. The van der Waals surface area contributed by atoms with E-state index >= 15 is 0 Å². The van der Waals surface area contributed by atoms with Gasteiger partial charge in [0.05, 0.1) is 12.2 Å². The molecular formula is C23H29N5O2S. The van der Waals surface area contributed by atoms with Crippen LogP contribution in [0.5, 0.6) is 0 Å². The van der Waals surface area contributed by atoms with E-state index in [2.05, 4.69) is 64.8 Å². The number of rotatable bonds is 8. The molecule has 2 aromatic carbocycles. The Morgan fingerprint density at radius 3 is 2.26 bits per heavy atom. The minimum atomic E-state index is -1.08. The second-order valence-corrected chi connectivity index (χ2v) is 7.70. The number of thiazole rings is 1. The van der Waals surface area contributed by atoms with Gasteiger partial charge < -0.3 is 20.1 Å². The van der Waals surface area contributed by atoms with Crippen molar-refractivity contribution in [1.29, 1.82) is 0 Å². The standard InChI is InChI=1S/C21H25N5S.C2H4O2/c1-4-26(5-2)20-16-25(3)21(27-20)24-23-19-13-11-18(12-14-19)22-15-17-9-7-6-8-10-17;1-2(3)4/h6-14,16H,4-5,15H2,1-3H3;1H3,(H,3,4). The van der Waals surface area contributed by atoms with Crippen molar-refractivity contribution in [1.82, 2.24) is 0 Å². The number of carboxylic acids is 1. The summed E-state index contributed by atoms with van der Waals surface area (Å²) in [5, 5.41) is 23.2. The minimum Gasteiger partial charge on any atom is -0.550 e. The first kappa shape index (κ1) is 24.0. The van der Waals surface area contributed by atoms with Crippen molar-refractivity contribution in [2.75, 3.05) is 23.3 Å². The van der Waals surface area contributed by atoms with Gasteiger partial charge in [0.1, 0.15) is 16.9 Å². The van der Waals surface area contributed by atoms with Gasteiger partial charge in [-0.2, -0.15) is 0 Å². The summed E-state index contributed by atoms with van der Waals surface area (Å²) in [7, 11) is 2.01. The molecule has 1 heterocycles. The maximum absolute atomic E-state index is 8.89. The largest absolute Gasteiger partial charge is 0.550 e. The highest BCUT2D eigenvalue weighted by Crippen LogP contribution is 2.28. The number of hydrogen-bond acceptors (Lipinski definition) is 7. The fourth-order valence-electron chi connectivity index (χ4n) is 2.73. The Balaban J connectivity index is 0.000000785. The normalized spacial score (nSPS) is 10.5. The molecule has 3 aromatic rings. The molecule has 31 heavy (non-hydrogen) atoms. The summed E-state index contributed by atoms with van der Waals surface area (Å²) in [6.45, 7) is 8.09. The SMILES string of the molecule is CC(=O)[O-].CCN(CC)c1c[n+](C)c(N=Nc2ccc(NCc3ccccc3)cc2)s1. The third kappa shape index (κ3) is 8.18. The van der Waals surface area contributed by atoms with Gasteiger partial charge in [-0.1, -0.05) is 30.3 Å². The van der Waals surface area contributed by atoms with Gasteiger partial charge in [-0.3, -0.25) is 0 Å². The lowest BCUT2D eigenvalue weighted by molar-refractivity contribution is -0.653. The molecule has 7 nitrogen and oxygen atoms in total. The van der Waals surface area contributed by atoms with Crippen molar-refractivity contribution < 1.29 is 14.5 Å². The molecule has 1 aromatic heterocycles. The van der Waals surface area contributed by atoms with Crippen LogP contribution in [0.2, 0.25) is 0 Å². The summed E-state index contributed by atoms with van der Waals surface area (Å²) in [6.07, 6.45) is 2.11. The smallest absolute Gasteiger partial charge is 0.410 e. The molecule has 0 amide bonds. The summed E-state index contributed by atoms with van der Waals surface area (Å²) >= 11 is 1.66. The zero-order chi connectivity index (χ0) is 22.6. The number of aliphatic carboxylic acids is 1. The zero-order valence-corrected chi connectivity index (χ0v) is 19.2. The second kappa shape index (κ2) is 12.4. The van der Waals surface area contributed by atoms with Crippen molar-refractivity contribution in [2.45, 2.75) is 27.3 Å². The highest BCUT2D eigenvalue weighted by Gasteiger charge is 2.16. The highest BCUT2D eigenvalue weighted by atomic mass is 32.1. The minimum absolute atomic E-state index is 0.806. The van der Waals surface area contributed by atoms with Crippen molar-refractivity contribution >= 4 is 38.8 Å². The van der Waals surface area contributed by atoms with E-state index in [1.54, 1.807) is 11.3 Å². The average Bonchev–Trinajstić information content (AvgIpc) is 3.13. The fraction of sp³-hybridized carbons (Fsp3) is 0.304. The molecule has 0 aliphatic carbocycles. The van der Waals surface area contributed by atoms with Crippen molar-refractivity contribution in [3.63, 3.8) is 0 Å². The lowest BCUT2D eigenvalue weighted by Gasteiger charge is -2.16. The lowest BCUT2D eigenvalue weighted by atomic mass is 10.2. The van der Waals surface area contributed by atoms with Gasteiger partial charge in [0.25, 0.3) is 0 Å². The first-order chi connectivity index (χ1) is 14.9. The average molecular weight is 440 g/mol. The Morgan fingerprint density at radius 1 is 1.06 bits per heavy atom. The Labute approximate surface area is 187 Å². The van der Waals surface area contributed by atoms with Gasteiger partial charge >= 0.3 is 5.13 Å². The molecule has 1 N–H and O–H groups in total. The lowest BCUT2D eigenvalue weighted by Crippen LogP contribution is -2.26. The molecule has 8 heteroatoms. The van der Waals surface area contributed by atoms with Gasteiger partial charge in [0.2, 0.25) is 0 Å². The predicted octanol–water partition coefficient (Wildman–Crippen LogP) is 4.20. The van der Waals surface area contributed by atoms with Crippen LogP contribution in [0.25, 0.3) is 0 Å². The van der Waals surface area contributed by atoms with Gasteiger partial charge in [-0.25, -0.2) is 4.57 Å². The molecule has 0 spiro atoms. The van der Waals surface area contributed by atoms with Gasteiger partial charge in [0, 0.05) is 31.3 Å². The summed E-state index contributed by atoms with van der Waals surface area (Å²) in [5.74, 6) is -1.08. The number of hydrogen-bond donors (Lipinski definition) is 1. The van der Waals surface area contributed by atoms with E-state index < -0.39 is 5.97 Å². The van der Waals surface area contributed by atoms with E-state index in [1.807, 2.05) is 41.9 Å². The molecule has 0 atom stereocenters. The first-order valence-corrected chi connectivity index (χ1v) is 11.0. The number of benzene rings is 2. The summed E-state index contributed by atoms with van der Waals surface area (Å²) in [6, 6.07) is 18.4. The molecule has 0 bridgehead atoms. The summed E-state index contributed by atoms with van der Waals surface area (Å²) < 4.78 is 2.03. The van der Waals surface area contributed by atoms with Crippen molar-refractivity contribution in [2.24, 2.45) is 17.3 Å². The van der Waals surface area contributed by atoms with Crippen LogP contribution in [0.3, 0.4) is 0 Å². The maximum Gasteiger partial charge on any atom is 0.410 e. The molecule has 0 aliphatic heterocycles. The summed E-state index contributed by atoms with van der Waals surface area (Å²) in [4.78, 5) is 11.2. The number of nitrogens with one attached hydrogen (secondary N) is 1. The highest BCUT2D eigenvalue weighted by molar-refractivity contribution is 7.18. The van der Waals surface area contributed by atoms with Crippen LogP contribution >= 0.6 is 11.3 Å². The monoisotopic (exact) mass is 439 g/mol. The van der Waals surface area contributed by atoms with Gasteiger partial charge in [-0.15, -0.1) is 0 Å². The molecular weight excluding hydrogens is 410 g/mol. The number of aromatic nitrogens is 1. The molecule has 0 unspecified atom stereocenters. The quantitative estimate of drug-likeness (QED) is 0.421. The maximum atomic E-state index is 8.89. The van der Waals surface area contributed by atoms with E-state index in [4.69, 9.17) is 9.90 Å². The first-order valence-electron chi connectivity index (χ1n) is 10.1. The number of nitrogens with zero attached hydrogens (tertiary/aromatic N) is 4. The third-order valence-electron chi connectivity index (χ3n) is 4.33. The van der Waals surface area contributed by atoms with Crippen LogP contribution in [0.15, 0.2) is 71.0 Å². The van der Waals surface area contributed by atoms with Gasteiger partial charge in [-0.05, 0) is 67.1 Å². The Morgan fingerprint density at radius 2 is 1.68 bits per heavy atom. The number of carbonyl (C=O) groups is 1. The zero-order valence-electron chi connectivity index (χ0n) is 18.4. The molecule has 0 saturated heterocycles. The van der Waals surface area contributed by atoms with Crippen LogP contribution in [0.4, 0.5) is 21.5 Å².